The first kappa shape index (κ1) is 11.0. The van der Waals surface area contributed by atoms with E-state index in [2.05, 4.69) is 10.1 Å². The molecule has 1 aromatic heterocycles. The third-order valence-electron chi connectivity index (χ3n) is 2.36. The van der Waals surface area contributed by atoms with Crippen LogP contribution < -0.4 is 4.90 Å². The van der Waals surface area contributed by atoms with Gasteiger partial charge in [-0.2, -0.15) is 4.98 Å². The third kappa shape index (κ3) is 2.23. The maximum atomic E-state index is 9.34. The average molecular weight is 199 g/mol. The molecule has 0 saturated carbocycles. The van der Waals surface area contributed by atoms with Crippen molar-refractivity contribution in [3.05, 3.63) is 5.89 Å². The maximum absolute atomic E-state index is 9.34. The number of aliphatic hydroxyl groups is 1. The van der Waals surface area contributed by atoms with Crippen molar-refractivity contribution in [1.82, 2.24) is 10.1 Å². The van der Waals surface area contributed by atoms with Crippen molar-refractivity contribution >= 4 is 5.95 Å². The van der Waals surface area contributed by atoms with Crippen molar-refractivity contribution < 1.29 is 9.63 Å². The fraction of sp³-hybridized carbons (Fsp3) is 0.778. The minimum Gasteiger partial charge on any atom is -0.393 e. The Morgan fingerprint density at radius 1 is 1.50 bits per heavy atom. The van der Waals surface area contributed by atoms with Crippen LogP contribution in [0.25, 0.3) is 0 Å². The van der Waals surface area contributed by atoms with Gasteiger partial charge in [-0.15, -0.1) is 0 Å². The first-order chi connectivity index (χ1) is 6.56. The molecule has 1 heterocycles. The van der Waals surface area contributed by atoms with Crippen LogP contribution >= 0.6 is 0 Å². The Kier molecular flexibility index (Phi) is 3.46. The molecule has 80 valence electrons. The molecule has 1 N–H and O–H groups in total. The molecule has 14 heavy (non-hydrogen) atoms. The van der Waals surface area contributed by atoms with E-state index < -0.39 is 6.10 Å². The summed E-state index contributed by atoms with van der Waals surface area (Å²) in [5, 5.41) is 13.2. The summed E-state index contributed by atoms with van der Waals surface area (Å²) in [6, 6.07) is 0. The predicted octanol–water partition coefficient (Wildman–Crippen LogP) is 1.01. The monoisotopic (exact) mass is 199 g/mol. The molecule has 0 aliphatic heterocycles. The summed E-state index contributed by atoms with van der Waals surface area (Å²) >= 11 is 0. The lowest BCUT2D eigenvalue weighted by Crippen LogP contribution is -2.17. The summed E-state index contributed by atoms with van der Waals surface area (Å²) in [4.78, 5) is 6.07. The minimum atomic E-state index is -0.477. The summed E-state index contributed by atoms with van der Waals surface area (Å²) in [7, 11) is 1.89. The second-order valence-electron chi connectivity index (χ2n) is 3.48. The molecule has 0 radical (unpaired) electrons. The molecule has 0 amide bonds. The van der Waals surface area contributed by atoms with E-state index in [0.29, 0.717) is 11.8 Å². The molecule has 2 unspecified atom stereocenters. The number of aromatic nitrogens is 2. The van der Waals surface area contributed by atoms with Crippen LogP contribution in [0.15, 0.2) is 4.52 Å². The molecule has 0 fully saturated rings. The molecule has 0 spiro atoms. The number of aliphatic hydroxyl groups excluding tert-OH is 1. The van der Waals surface area contributed by atoms with E-state index in [1.165, 1.54) is 0 Å². The predicted molar refractivity (Wildman–Crippen MR) is 53.3 cm³/mol. The fourth-order valence-corrected chi connectivity index (χ4v) is 0.915. The average Bonchev–Trinajstić information content (AvgIpc) is 2.64. The molecule has 1 aromatic rings. The zero-order valence-corrected chi connectivity index (χ0v) is 9.06. The largest absolute Gasteiger partial charge is 0.393 e. The quantitative estimate of drug-likeness (QED) is 0.784. The second kappa shape index (κ2) is 4.41. The van der Waals surface area contributed by atoms with Crippen molar-refractivity contribution in [2.45, 2.75) is 32.8 Å². The highest BCUT2D eigenvalue weighted by molar-refractivity contribution is 5.25. The topological polar surface area (TPSA) is 62.4 Å². The molecular formula is C9H17N3O2. The van der Waals surface area contributed by atoms with Crippen LogP contribution in [0, 0.1) is 0 Å². The van der Waals surface area contributed by atoms with Crippen molar-refractivity contribution in [2.75, 3.05) is 18.5 Å². The van der Waals surface area contributed by atoms with Crippen molar-refractivity contribution in [3.63, 3.8) is 0 Å². The van der Waals surface area contributed by atoms with Crippen molar-refractivity contribution in [3.8, 4) is 0 Å². The third-order valence-corrected chi connectivity index (χ3v) is 2.36. The van der Waals surface area contributed by atoms with E-state index in [0.717, 1.165) is 6.54 Å². The van der Waals surface area contributed by atoms with Gasteiger partial charge in [0.1, 0.15) is 0 Å². The van der Waals surface area contributed by atoms with Gasteiger partial charge in [0.25, 0.3) is 5.95 Å². The lowest BCUT2D eigenvalue weighted by molar-refractivity contribution is 0.151. The maximum Gasteiger partial charge on any atom is 0.265 e. The SMILES string of the molecule is CCN(C)c1noc(C(C)C(C)O)n1. The second-order valence-corrected chi connectivity index (χ2v) is 3.48. The van der Waals surface area contributed by atoms with Gasteiger partial charge in [0.05, 0.1) is 12.0 Å². The Hall–Kier alpha value is -1.10. The number of nitrogens with zero attached hydrogens (tertiary/aromatic N) is 3. The summed E-state index contributed by atoms with van der Waals surface area (Å²) in [6.07, 6.45) is -0.477. The molecule has 5 nitrogen and oxygen atoms in total. The van der Waals surface area contributed by atoms with Gasteiger partial charge in [-0.05, 0) is 19.0 Å². The van der Waals surface area contributed by atoms with Gasteiger partial charge in [-0.1, -0.05) is 6.92 Å². The highest BCUT2D eigenvalue weighted by Crippen LogP contribution is 2.19. The molecule has 0 aromatic carbocycles. The molecule has 0 aliphatic carbocycles. The van der Waals surface area contributed by atoms with E-state index in [9.17, 15) is 5.11 Å². The number of anilines is 1. The lowest BCUT2D eigenvalue weighted by atomic mass is 10.1. The Morgan fingerprint density at radius 2 is 2.14 bits per heavy atom. The highest BCUT2D eigenvalue weighted by Gasteiger charge is 2.19. The molecule has 0 saturated heterocycles. The van der Waals surface area contributed by atoms with E-state index in [1.54, 1.807) is 6.92 Å². The first-order valence-electron chi connectivity index (χ1n) is 4.79. The van der Waals surface area contributed by atoms with Gasteiger partial charge in [0, 0.05) is 13.6 Å². The molecule has 5 heteroatoms. The molecule has 1 rings (SSSR count). The zero-order chi connectivity index (χ0) is 10.7. The summed E-state index contributed by atoms with van der Waals surface area (Å²) in [6.45, 7) is 6.39. The molecular weight excluding hydrogens is 182 g/mol. The number of hydrogen-bond donors (Lipinski definition) is 1. The Balaban J connectivity index is 2.77. The van der Waals surface area contributed by atoms with Gasteiger partial charge in [0.2, 0.25) is 5.89 Å². The van der Waals surface area contributed by atoms with Gasteiger partial charge < -0.3 is 14.5 Å². The standard InChI is InChI=1S/C9H17N3O2/c1-5-12(4)9-10-8(14-11-9)6(2)7(3)13/h6-7,13H,5H2,1-4H3. The van der Waals surface area contributed by atoms with Crippen LogP contribution in [-0.4, -0.2) is 34.9 Å². The summed E-state index contributed by atoms with van der Waals surface area (Å²) in [5.74, 6) is 0.923. The smallest absolute Gasteiger partial charge is 0.265 e. The lowest BCUT2D eigenvalue weighted by Gasteiger charge is -2.10. The number of rotatable bonds is 4. The summed E-state index contributed by atoms with van der Waals surface area (Å²) in [5.41, 5.74) is 0. The Morgan fingerprint density at radius 3 is 2.64 bits per heavy atom. The number of hydrogen-bond acceptors (Lipinski definition) is 5. The van der Waals surface area contributed by atoms with Crippen LogP contribution in [0.4, 0.5) is 5.95 Å². The Labute approximate surface area is 83.7 Å². The summed E-state index contributed by atoms with van der Waals surface area (Å²) < 4.78 is 5.05. The van der Waals surface area contributed by atoms with Gasteiger partial charge in [-0.3, -0.25) is 0 Å². The van der Waals surface area contributed by atoms with E-state index >= 15 is 0 Å². The molecule has 2 atom stereocenters. The normalized spacial score (nSPS) is 15.2. The van der Waals surface area contributed by atoms with Crippen LogP contribution in [0.5, 0.6) is 0 Å². The molecule has 0 aliphatic rings. The van der Waals surface area contributed by atoms with Crippen molar-refractivity contribution in [2.24, 2.45) is 0 Å². The zero-order valence-electron chi connectivity index (χ0n) is 9.06. The van der Waals surface area contributed by atoms with Gasteiger partial charge in [-0.25, -0.2) is 0 Å². The van der Waals surface area contributed by atoms with E-state index in [1.807, 2.05) is 25.8 Å². The van der Waals surface area contributed by atoms with Crippen LogP contribution in [0.3, 0.4) is 0 Å². The minimum absolute atomic E-state index is 0.124. The van der Waals surface area contributed by atoms with Crippen LogP contribution in [-0.2, 0) is 0 Å². The van der Waals surface area contributed by atoms with Gasteiger partial charge >= 0.3 is 0 Å². The fourth-order valence-electron chi connectivity index (χ4n) is 0.915. The van der Waals surface area contributed by atoms with E-state index in [-0.39, 0.29) is 5.92 Å². The highest BCUT2D eigenvalue weighted by atomic mass is 16.5. The van der Waals surface area contributed by atoms with Gasteiger partial charge in [0.15, 0.2) is 0 Å². The molecule has 0 bridgehead atoms. The van der Waals surface area contributed by atoms with Crippen LogP contribution in [0.1, 0.15) is 32.6 Å². The van der Waals surface area contributed by atoms with Crippen molar-refractivity contribution in [1.29, 1.82) is 0 Å². The first-order valence-corrected chi connectivity index (χ1v) is 4.79. The van der Waals surface area contributed by atoms with Crippen LogP contribution in [0.2, 0.25) is 0 Å². The Bertz CT molecular complexity index is 285. The van der Waals surface area contributed by atoms with E-state index in [4.69, 9.17) is 4.52 Å².